The summed E-state index contributed by atoms with van der Waals surface area (Å²) in [4.78, 5) is 0. The lowest BCUT2D eigenvalue weighted by Gasteiger charge is -2.38. The monoisotopic (exact) mass is 209 g/mol. The molecule has 0 unspecified atom stereocenters. The fraction of sp³-hybridized carbons (Fsp3) is 1.00. The van der Waals surface area contributed by atoms with Crippen LogP contribution in [0, 0.1) is 22.2 Å². The van der Waals surface area contributed by atoms with Crippen molar-refractivity contribution < 1.29 is 0 Å². The van der Waals surface area contributed by atoms with E-state index in [1.165, 1.54) is 32.1 Å². The summed E-state index contributed by atoms with van der Waals surface area (Å²) >= 11 is 0. The van der Waals surface area contributed by atoms with Crippen LogP contribution in [0.5, 0.6) is 0 Å². The van der Waals surface area contributed by atoms with Crippen molar-refractivity contribution in [1.82, 2.24) is 0 Å². The van der Waals surface area contributed by atoms with Gasteiger partial charge in [0, 0.05) is 0 Å². The van der Waals surface area contributed by atoms with E-state index in [9.17, 15) is 0 Å². The van der Waals surface area contributed by atoms with E-state index in [0.29, 0.717) is 16.2 Å². The molecule has 0 saturated heterocycles. The minimum atomic E-state index is 0.477. The second kappa shape index (κ2) is 3.23. The first-order valence-corrected chi connectivity index (χ1v) is 6.58. The minimum absolute atomic E-state index is 0.477. The minimum Gasteiger partial charge on any atom is -0.330 e. The molecular formula is C14H27N. The van der Waals surface area contributed by atoms with Crippen LogP contribution in [0.3, 0.4) is 0 Å². The third kappa shape index (κ3) is 1.39. The predicted molar refractivity (Wildman–Crippen MR) is 65.6 cm³/mol. The molecule has 88 valence electrons. The molecule has 0 bridgehead atoms. The van der Waals surface area contributed by atoms with Gasteiger partial charge < -0.3 is 5.73 Å². The number of hydrogen-bond acceptors (Lipinski definition) is 1. The zero-order chi connectivity index (χ0) is 11.3. The third-order valence-corrected chi connectivity index (χ3v) is 5.89. The Kier molecular flexibility index (Phi) is 2.46. The molecule has 0 aromatic rings. The summed E-state index contributed by atoms with van der Waals surface area (Å²) in [6, 6.07) is 0. The average molecular weight is 209 g/mol. The quantitative estimate of drug-likeness (QED) is 0.739. The first-order valence-electron chi connectivity index (χ1n) is 6.58. The van der Waals surface area contributed by atoms with Crippen molar-refractivity contribution in [1.29, 1.82) is 0 Å². The average Bonchev–Trinajstić information content (AvgIpc) is 2.59. The molecule has 1 heteroatoms. The lowest BCUT2D eigenvalue weighted by atomic mass is 9.68. The standard InChI is InChI=1S/C14H27N/c1-12(2)11(13(12,3)4)14(10-15)8-6-5-7-9-14/h11H,5-10,15H2,1-4H3. The highest BCUT2D eigenvalue weighted by Gasteiger charge is 2.70. The molecule has 2 saturated carbocycles. The Balaban J connectivity index is 2.22. The van der Waals surface area contributed by atoms with Crippen LogP contribution in [-0.2, 0) is 0 Å². The largest absolute Gasteiger partial charge is 0.330 e. The second-order valence-corrected chi connectivity index (χ2v) is 7.00. The van der Waals surface area contributed by atoms with Crippen molar-refractivity contribution in [3.8, 4) is 0 Å². The van der Waals surface area contributed by atoms with Gasteiger partial charge in [-0.2, -0.15) is 0 Å². The Morgan fingerprint density at radius 2 is 1.40 bits per heavy atom. The van der Waals surface area contributed by atoms with E-state index in [4.69, 9.17) is 5.73 Å². The molecule has 0 radical (unpaired) electrons. The van der Waals surface area contributed by atoms with E-state index in [-0.39, 0.29) is 0 Å². The topological polar surface area (TPSA) is 26.0 Å². The van der Waals surface area contributed by atoms with Gasteiger partial charge >= 0.3 is 0 Å². The maximum Gasteiger partial charge on any atom is -0.00175 e. The predicted octanol–water partition coefficient (Wildman–Crippen LogP) is 3.58. The Labute approximate surface area is 94.8 Å². The van der Waals surface area contributed by atoms with Crippen LogP contribution < -0.4 is 5.73 Å². The fourth-order valence-corrected chi connectivity index (χ4v) is 4.59. The highest BCUT2D eigenvalue weighted by molar-refractivity contribution is 5.19. The molecular weight excluding hydrogens is 182 g/mol. The molecule has 2 aliphatic carbocycles. The highest BCUT2D eigenvalue weighted by Crippen LogP contribution is 2.76. The number of rotatable bonds is 2. The van der Waals surface area contributed by atoms with Crippen molar-refractivity contribution in [3.63, 3.8) is 0 Å². The van der Waals surface area contributed by atoms with E-state index >= 15 is 0 Å². The first-order chi connectivity index (χ1) is 6.88. The van der Waals surface area contributed by atoms with Crippen LogP contribution in [0.1, 0.15) is 59.8 Å². The van der Waals surface area contributed by atoms with Crippen LogP contribution in [-0.4, -0.2) is 6.54 Å². The maximum atomic E-state index is 6.12. The van der Waals surface area contributed by atoms with Crippen molar-refractivity contribution in [2.75, 3.05) is 6.54 Å². The lowest BCUT2D eigenvalue weighted by molar-refractivity contribution is 0.133. The molecule has 0 amide bonds. The van der Waals surface area contributed by atoms with Gasteiger partial charge in [-0.3, -0.25) is 0 Å². The Hall–Kier alpha value is -0.0400. The van der Waals surface area contributed by atoms with Gasteiger partial charge in [0.2, 0.25) is 0 Å². The summed E-state index contributed by atoms with van der Waals surface area (Å²) in [6.07, 6.45) is 6.98. The van der Waals surface area contributed by atoms with Gasteiger partial charge in [-0.25, -0.2) is 0 Å². The molecule has 2 aliphatic rings. The van der Waals surface area contributed by atoms with Crippen molar-refractivity contribution in [2.45, 2.75) is 59.8 Å². The number of nitrogens with two attached hydrogens (primary N) is 1. The van der Waals surface area contributed by atoms with Gasteiger partial charge in [0.15, 0.2) is 0 Å². The van der Waals surface area contributed by atoms with Gasteiger partial charge in [-0.15, -0.1) is 0 Å². The molecule has 2 rings (SSSR count). The van der Waals surface area contributed by atoms with E-state index in [1.54, 1.807) is 0 Å². The first kappa shape index (κ1) is 11.4. The fourth-order valence-electron chi connectivity index (χ4n) is 4.59. The van der Waals surface area contributed by atoms with Gasteiger partial charge in [0.25, 0.3) is 0 Å². The van der Waals surface area contributed by atoms with Gasteiger partial charge in [0.1, 0.15) is 0 Å². The van der Waals surface area contributed by atoms with Crippen LogP contribution in [0.25, 0.3) is 0 Å². The second-order valence-electron chi connectivity index (χ2n) is 7.00. The van der Waals surface area contributed by atoms with Gasteiger partial charge in [0.05, 0.1) is 0 Å². The SMILES string of the molecule is CC1(C)C(C2(CN)CCCCC2)C1(C)C. The van der Waals surface area contributed by atoms with E-state index in [2.05, 4.69) is 27.7 Å². The summed E-state index contributed by atoms with van der Waals surface area (Å²) in [6.45, 7) is 10.6. The number of hydrogen-bond donors (Lipinski definition) is 1. The Morgan fingerprint density at radius 1 is 0.933 bits per heavy atom. The summed E-state index contributed by atoms with van der Waals surface area (Å²) in [5, 5.41) is 0. The third-order valence-electron chi connectivity index (χ3n) is 5.89. The summed E-state index contributed by atoms with van der Waals surface area (Å²) in [7, 11) is 0. The van der Waals surface area contributed by atoms with Crippen molar-refractivity contribution >= 4 is 0 Å². The van der Waals surface area contributed by atoms with Crippen molar-refractivity contribution in [2.24, 2.45) is 27.9 Å². The summed E-state index contributed by atoms with van der Waals surface area (Å²) in [5.41, 5.74) is 7.61. The molecule has 0 atom stereocenters. The highest BCUT2D eigenvalue weighted by atomic mass is 14.8. The van der Waals surface area contributed by atoms with Gasteiger partial charge in [-0.05, 0) is 41.5 Å². The molecule has 1 nitrogen and oxygen atoms in total. The zero-order valence-corrected chi connectivity index (χ0v) is 10.9. The summed E-state index contributed by atoms with van der Waals surface area (Å²) < 4.78 is 0. The van der Waals surface area contributed by atoms with Crippen LogP contribution in [0.2, 0.25) is 0 Å². The van der Waals surface area contributed by atoms with E-state index in [0.717, 1.165) is 12.5 Å². The summed E-state index contributed by atoms with van der Waals surface area (Å²) in [5.74, 6) is 0.850. The Bertz CT molecular complexity index is 232. The normalized spacial score (nSPS) is 32.6. The molecule has 0 aromatic heterocycles. The van der Waals surface area contributed by atoms with E-state index in [1.807, 2.05) is 0 Å². The molecule has 2 N–H and O–H groups in total. The molecule has 15 heavy (non-hydrogen) atoms. The smallest absolute Gasteiger partial charge is 0.00175 e. The lowest BCUT2D eigenvalue weighted by Crippen LogP contribution is -2.37. The molecule has 0 aromatic carbocycles. The van der Waals surface area contributed by atoms with Gasteiger partial charge in [-0.1, -0.05) is 47.0 Å². The van der Waals surface area contributed by atoms with Crippen LogP contribution >= 0.6 is 0 Å². The molecule has 0 heterocycles. The van der Waals surface area contributed by atoms with Crippen molar-refractivity contribution in [3.05, 3.63) is 0 Å². The molecule has 0 aliphatic heterocycles. The van der Waals surface area contributed by atoms with E-state index < -0.39 is 0 Å². The molecule has 2 fully saturated rings. The zero-order valence-electron chi connectivity index (χ0n) is 10.9. The Morgan fingerprint density at radius 3 is 1.73 bits per heavy atom. The van der Waals surface area contributed by atoms with Crippen LogP contribution in [0.4, 0.5) is 0 Å². The maximum absolute atomic E-state index is 6.12. The van der Waals surface area contributed by atoms with Crippen LogP contribution in [0.15, 0.2) is 0 Å². The molecule has 0 spiro atoms.